The van der Waals surface area contributed by atoms with Gasteiger partial charge in [-0.05, 0) is 5.56 Å². The molecular weight excluding hydrogens is 252 g/mol. The lowest BCUT2D eigenvalue weighted by molar-refractivity contribution is -0.121. The smallest absolute Gasteiger partial charge is 0.292 e. The highest BCUT2D eigenvalue weighted by Gasteiger charge is 2.37. The van der Waals surface area contributed by atoms with Gasteiger partial charge in [0.1, 0.15) is 5.57 Å². The van der Waals surface area contributed by atoms with Crippen LogP contribution in [0.5, 0.6) is 0 Å². The Labute approximate surface area is 117 Å². The molecule has 1 unspecified atom stereocenters. The predicted octanol–water partition coefficient (Wildman–Crippen LogP) is 3.34. The molecule has 2 aromatic carbocycles. The second kappa shape index (κ2) is 5.21. The van der Waals surface area contributed by atoms with Crippen molar-refractivity contribution in [2.75, 3.05) is 7.11 Å². The minimum Gasteiger partial charge on any atom is -0.468 e. The second-order valence-corrected chi connectivity index (χ2v) is 4.51. The number of benzene rings is 2. The molecule has 0 saturated carbocycles. The molecule has 3 heteroatoms. The molecule has 0 spiro atoms. The molecule has 0 fully saturated rings. The van der Waals surface area contributed by atoms with Crippen LogP contribution >= 0.6 is 0 Å². The Bertz CT molecular complexity index is 644. The van der Waals surface area contributed by atoms with Crippen molar-refractivity contribution in [3.8, 4) is 0 Å². The fourth-order valence-electron chi connectivity index (χ4n) is 2.31. The number of carbonyl (C=O) groups excluding carboxylic acids is 1. The van der Waals surface area contributed by atoms with E-state index >= 15 is 0 Å². The molecule has 20 heavy (non-hydrogen) atoms. The van der Waals surface area contributed by atoms with Gasteiger partial charge in [0.2, 0.25) is 5.78 Å². The molecule has 1 heterocycles. The lowest BCUT2D eigenvalue weighted by atomic mass is 9.97. The molecular formula is C17H14O3. The van der Waals surface area contributed by atoms with Gasteiger partial charge in [-0.25, -0.2) is 0 Å². The Hall–Kier alpha value is -2.55. The Kier molecular flexibility index (Phi) is 3.25. The summed E-state index contributed by atoms with van der Waals surface area (Å²) in [5, 5.41) is 0. The summed E-state index contributed by atoms with van der Waals surface area (Å²) in [5.74, 6) is 0.217. The second-order valence-electron chi connectivity index (χ2n) is 4.51. The highest BCUT2D eigenvalue weighted by atomic mass is 16.7. The van der Waals surface area contributed by atoms with Crippen molar-refractivity contribution < 1.29 is 14.3 Å². The maximum atomic E-state index is 12.6. The maximum absolute atomic E-state index is 12.6. The fraction of sp³-hybridized carbons (Fsp3) is 0.118. The molecule has 0 saturated heterocycles. The molecule has 3 nitrogen and oxygen atoms in total. The molecule has 1 atom stereocenters. The number of rotatable bonds is 3. The number of carbonyl (C=O) groups is 1. The van der Waals surface area contributed by atoms with Crippen molar-refractivity contribution in [2.24, 2.45) is 0 Å². The van der Waals surface area contributed by atoms with E-state index in [1.807, 2.05) is 60.7 Å². The molecule has 1 aliphatic heterocycles. The van der Waals surface area contributed by atoms with E-state index in [4.69, 9.17) is 9.47 Å². The minimum absolute atomic E-state index is 0.0701. The Morgan fingerprint density at radius 3 is 2.15 bits per heavy atom. The van der Waals surface area contributed by atoms with Crippen molar-refractivity contribution in [3.63, 3.8) is 0 Å². The van der Waals surface area contributed by atoms with Crippen LogP contribution in [-0.2, 0) is 14.3 Å². The predicted molar refractivity (Wildman–Crippen MR) is 75.6 cm³/mol. The van der Waals surface area contributed by atoms with Crippen LogP contribution in [0.15, 0.2) is 66.6 Å². The standard InChI is InChI=1S/C17H14O3/c1-19-17-14(12-8-4-2-5-9-12)15(18)16(20-17)13-10-6-3-7-11-13/h2-11,16H,1H3. The normalized spacial score (nSPS) is 18.1. The zero-order valence-electron chi connectivity index (χ0n) is 11.1. The summed E-state index contributed by atoms with van der Waals surface area (Å²) < 4.78 is 10.9. The first-order valence-corrected chi connectivity index (χ1v) is 6.41. The third-order valence-electron chi connectivity index (χ3n) is 3.26. The topological polar surface area (TPSA) is 35.5 Å². The highest BCUT2D eigenvalue weighted by Crippen LogP contribution is 2.38. The Balaban J connectivity index is 2.00. The number of Topliss-reactive ketones (excluding diaryl/α,β-unsaturated/α-hetero) is 1. The summed E-state index contributed by atoms with van der Waals surface area (Å²) in [6, 6.07) is 18.9. The molecule has 0 radical (unpaired) electrons. The van der Waals surface area contributed by atoms with Gasteiger partial charge >= 0.3 is 0 Å². The Morgan fingerprint density at radius 2 is 1.55 bits per heavy atom. The van der Waals surface area contributed by atoms with Gasteiger partial charge in [-0.1, -0.05) is 60.7 Å². The van der Waals surface area contributed by atoms with E-state index in [1.165, 1.54) is 7.11 Å². The molecule has 1 aliphatic rings. The average Bonchev–Trinajstić information content (AvgIpc) is 2.86. The van der Waals surface area contributed by atoms with Crippen LogP contribution in [0.2, 0.25) is 0 Å². The van der Waals surface area contributed by atoms with E-state index in [-0.39, 0.29) is 11.7 Å². The number of hydrogen-bond donors (Lipinski definition) is 0. The zero-order valence-corrected chi connectivity index (χ0v) is 11.1. The molecule has 0 bridgehead atoms. The van der Waals surface area contributed by atoms with Crippen LogP contribution in [0, 0.1) is 0 Å². The van der Waals surface area contributed by atoms with Gasteiger partial charge in [-0.2, -0.15) is 0 Å². The molecule has 0 aromatic heterocycles. The average molecular weight is 266 g/mol. The lowest BCUT2D eigenvalue weighted by Gasteiger charge is -2.10. The van der Waals surface area contributed by atoms with E-state index in [9.17, 15) is 4.79 Å². The van der Waals surface area contributed by atoms with Crippen LogP contribution < -0.4 is 0 Å². The van der Waals surface area contributed by atoms with Gasteiger partial charge in [-0.15, -0.1) is 0 Å². The van der Waals surface area contributed by atoms with Crippen molar-refractivity contribution in [1.29, 1.82) is 0 Å². The van der Waals surface area contributed by atoms with Crippen molar-refractivity contribution in [1.82, 2.24) is 0 Å². The van der Waals surface area contributed by atoms with Crippen LogP contribution in [0.25, 0.3) is 5.57 Å². The molecule has 100 valence electrons. The summed E-state index contributed by atoms with van der Waals surface area (Å²) in [5.41, 5.74) is 2.15. The van der Waals surface area contributed by atoms with E-state index in [0.717, 1.165) is 11.1 Å². The van der Waals surface area contributed by atoms with Crippen LogP contribution in [0.1, 0.15) is 17.2 Å². The molecule has 3 rings (SSSR count). The monoisotopic (exact) mass is 266 g/mol. The van der Waals surface area contributed by atoms with Gasteiger partial charge in [-0.3, -0.25) is 4.79 Å². The van der Waals surface area contributed by atoms with Gasteiger partial charge in [0.25, 0.3) is 5.95 Å². The fourth-order valence-corrected chi connectivity index (χ4v) is 2.31. The summed E-state index contributed by atoms with van der Waals surface area (Å²) in [7, 11) is 1.51. The number of ether oxygens (including phenoxy) is 2. The van der Waals surface area contributed by atoms with Gasteiger partial charge in [0.15, 0.2) is 6.10 Å². The van der Waals surface area contributed by atoms with E-state index in [0.29, 0.717) is 5.57 Å². The molecule has 0 N–H and O–H groups in total. The molecule has 0 amide bonds. The first-order chi connectivity index (χ1) is 9.81. The van der Waals surface area contributed by atoms with E-state index in [2.05, 4.69) is 0 Å². The summed E-state index contributed by atoms with van der Waals surface area (Å²) in [4.78, 5) is 12.6. The van der Waals surface area contributed by atoms with Gasteiger partial charge in [0, 0.05) is 5.56 Å². The quantitative estimate of drug-likeness (QED) is 0.854. The highest BCUT2D eigenvalue weighted by molar-refractivity contribution is 6.24. The van der Waals surface area contributed by atoms with Crippen molar-refractivity contribution >= 4 is 11.4 Å². The summed E-state index contributed by atoms with van der Waals surface area (Å²) in [6.45, 7) is 0. The summed E-state index contributed by atoms with van der Waals surface area (Å²) in [6.07, 6.45) is -0.624. The lowest BCUT2D eigenvalue weighted by Crippen LogP contribution is -2.09. The van der Waals surface area contributed by atoms with Crippen LogP contribution in [-0.4, -0.2) is 12.9 Å². The minimum atomic E-state index is -0.624. The Morgan fingerprint density at radius 1 is 0.950 bits per heavy atom. The SMILES string of the molecule is COC1=C(c2ccccc2)C(=O)C(c2ccccc2)O1. The molecule has 2 aromatic rings. The largest absolute Gasteiger partial charge is 0.468 e. The third kappa shape index (κ3) is 2.07. The number of ketones is 1. The van der Waals surface area contributed by atoms with Gasteiger partial charge in [0.05, 0.1) is 7.11 Å². The van der Waals surface area contributed by atoms with E-state index in [1.54, 1.807) is 0 Å². The third-order valence-corrected chi connectivity index (χ3v) is 3.26. The van der Waals surface area contributed by atoms with Crippen LogP contribution in [0.4, 0.5) is 0 Å². The number of hydrogen-bond acceptors (Lipinski definition) is 3. The first-order valence-electron chi connectivity index (χ1n) is 6.41. The van der Waals surface area contributed by atoms with E-state index < -0.39 is 6.10 Å². The maximum Gasteiger partial charge on any atom is 0.292 e. The first kappa shape index (κ1) is 12.5. The number of methoxy groups -OCH3 is 1. The van der Waals surface area contributed by atoms with Gasteiger partial charge < -0.3 is 9.47 Å². The van der Waals surface area contributed by atoms with Crippen LogP contribution in [0.3, 0.4) is 0 Å². The van der Waals surface area contributed by atoms with Crippen molar-refractivity contribution in [2.45, 2.75) is 6.10 Å². The summed E-state index contributed by atoms with van der Waals surface area (Å²) >= 11 is 0. The van der Waals surface area contributed by atoms with Crippen molar-refractivity contribution in [3.05, 3.63) is 77.7 Å². The molecule has 0 aliphatic carbocycles. The zero-order chi connectivity index (χ0) is 13.9.